The van der Waals surface area contributed by atoms with Crippen molar-refractivity contribution in [3.8, 4) is 11.1 Å². The zero-order valence-electron chi connectivity index (χ0n) is 22.9. The molecule has 7 rings (SSSR count). The first-order valence-corrected chi connectivity index (χ1v) is 14.9. The maximum absolute atomic E-state index is 13.1. The highest BCUT2D eigenvalue weighted by molar-refractivity contribution is 7.26. The van der Waals surface area contributed by atoms with Crippen molar-refractivity contribution in [3.63, 3.8) is 0 Å². The van der Waals surface area contributed by atoms with Crippen LogP contribution in [0.1, 0.15) is 6.92 Å². The van der Waals surface area contributed by atoms with Crippen LogP contribution in [0.4, 0.5) is 11.6 Å². The van der Waals surface area contributed by atoms with Gasteiger partial charge in [-0.25, -0.2) is 0 Å². The van der Waals surface area contributed by atoms with Gasteiger partial charge in [-0.05, 0) is 31.2 Å². The monoisotopic (exact) mass is 569 g/mol. The number of morpholine rings is 2. The maximum Gasteiger partial charge on any atom is 0.241 e. The van der Waals surface area contributed by atoms with Crippen molar-refractivity contribution in [2.45, 2.75) is 13.0 Å². The van der Waals surface area contributed by atoms with Gasteiger partial charge in [-0.3, -0.25) is 14.5 Å². The van der Waals surface area contributed by atoms with Gasteiger partial charge in [0.1, 0.15) is 5.58 Å². The molecule has 2 aliphatic rings. The number of thiophene rings is 1. The van der Waals surface area contributed by atoms with Crippen LogP contribution in [-0.2, 0) is 14.3 Å². The predicted molar refractivity (Wildman–Crippen MR) is 164 cm³/mol. The summed E-state index contributed by atoms with van der Waals surface area (Å²) in [4.78, 5) is 30.4. The van der Waals surface area contributed by atoms with Gasteiger partial charge in [0, 0.05) is 69.2 Å². The van der Waals surface area contributed by atoms with Crippen LogP contribution in [0.3, 0.4) is 0 Å². The van der Waals surface area contributed by atoms with Crippen LogP contribution >= 0.6 is 11.3 Å². The molecule has 0 spiro atoms. The Hall–Kier alpha value is -3.76. The summed E-state index contributed by atoms with van der Waals surface area (Å²) in [7, 11) is 0. The summed E-state index contributed by atoms with van der Waals surface area (Å²) >= 11 is 1.70. The molecule has 210 valence electrons. The molecule has 41 heavy (non-hydrogen) atoms. The number of carbonyl (C=O) groups is 1. The van der Waals surface area contributed by atoms with E-state index in [0.29, 0.717) is 56.4 Å². The molecule has 2 aromatic heterocycles. The van der Waals surface area contributed by atoms with Gasteiger partial charge in [0.15, 0.2) is 11.3 Å². The summed E-state index contributed by atoms with van der Waals surface area (Å²) in [5.74, 6) is 0.557. The van der Waals surface area contributed by atoms with Crippen molar-refractivity contribution >= 4 is 60.0 Å². The fraction of sp³-hybridized carbons (Fsp3) is 0.312. The number of fused-ring (bicyclic) bond motifs is 4. The SMILES string of the molecule is C[C@H](C(=O)Nc1ccc2sc3c(-c4cccc5c(=O)cc(N6CCOCC6)oc45)cccc3c2c1)N1CCOCC1. The molecule has 4 heterocycles. The number of benzene rings is 3. The second-order valence-corrected chi connectivity index (χ2v) is 11.6. The Balaban J connectivity index is 1.27. The Bertz CT molecular complexity index is 1820. The largest absolute Gasteiger partial charge is 0.440 e. The van der Waals surface area contributed by atoms with Crippen LogP contribution in [0.15, 0.2) is 69.9 Å². The maximum atomic E-state index is 13.1. The van der Waals surface area contributed by atoms with E-state index in [1.54, 1.807) is 17.4 Å². The molecule has 3 aromatic carbocycles. The van der Waals surface area contributed by atoms with E-state index in [9.17, 15) is 9.59 Å². The van der Waals surface area contributed by atoms with Crippen molar-refractivity contribution in [2.24, 2.45) is 0 Å². The van der Waals surface area contributed by atoms with Gasteiger partial charge in [-0.1, -0.05) is 30.3 Å². The fourth-order valence-corrected chi connectivity index (χ4v) is 6.99. The highest BCUT2D eigenvalue weighted by Crippen LogP contribution is 2.42. The van der Waals surface area contributed by atoms with Gasteiger partial charge in [0.05, 0.1) is 37.9 Å². The standard InChI is InChI=1S/C32H31N3O5S/c1-20(34-10-14-38-15-11-34)32(37)33-21-8-9-28-26(18-21)24-6-3-5-23(31(24)41-28)22-4-2-7-25-27(36)19-29(40-30(22)25)35-12-16-39-17-13-35/h2-9,18-20H,10-17H2,1H3,(H,33,37)/t20-/m1/s1. The second kappa shape index (κ2) is 10.9. The minimum atomic E-state index is -0.233. The third-order valence-corrected chi connectivity index (χ3v) is 9.31. The quantitative estimate of drug-likeness (QED) is 0.307. The van der Waals surface area contributed by atoms with E-state index < -0.39 is 0 Å². The van der Waals surface area contributed by atoms with E-state index in [2.05, 4.69) is 39.4 Å². The van der Waals surface area contributed by atoms with Crippen LogP contribution < -0.4 is 15.6 Å². The van der Waals surface area contributed by atoms with Crippen LogP contribution in [0.25, 0.3) is 42.3 Å². The number of hydrogen-bond acceptors (Lipinski definition) is 8. The van der Waals surface area contributed by atoms with E-state index in [1.807, 2.05) is 37.3 Å². The number of nitrogens with one attached hydrogen (secondary N) is 1. The fourth-order valence-electron chi connectivity index (χ4n) is 5.78. The summed E-state index contributed by atoms with van der Waals surface area (Å²) in [5.41, 5.74) is 3.23. The summed E-state index contributed by atoms with van der Waals surface area (Å²) in [6.45, 7) is 7.36. The van der Waals surface area contributed by atoms with E-state index in [4.69, 9.17) is 13.9 Å². The van der Waals surface area contributed by atoms with Crippen molar-refractivity contribution in [3.05, 3.63) is 70.9 Å². The third-order valence-electron chi connectivity index (χ3n) is 8.09. The average molecular weight is 570 g/mol. The third kappa shape index (κ3) is 4.89. The molecule has 1 N–H and O–H groups in total. The van der Waals surface area contributed by atoms with Gasteiger partial charge >= 0.3 is 0 Å². The number of carbonyl (C=O) groups excluding carboxylic acids is 1. The van der Waals surface area contributed by atoms with Crippen molar-refractivity contribution in [1.82, 2.24) is 4.90 Å². The van der Waals surface area contributed by atoms with Crippen LogP contribution in [-0.4, -0.2) is 69.5 Å². The summed E-state index contributed by atoms with van der Waals surface area (Å²) < 4.78 is 19.6. The highest BCUT2D eigenvalue weighted by atomic mass is 32.1. The minimum absolute atomic E-state index is 0.0201. The molecule has 0 saturated carbocycles. The van der Waals surface area contributed by atoms with E-state index in [-0.39, 0.29) is 17.4 Å². The lowest BCUT2D eigenvalue weighted by atomic mass is 10.0. The van der Waals surface area contributed by atoms with Crippen molar-refractivity contribution in [2.75, 3.05) is 62.8 Å². The van der Waals surface area contributed by atoms with Gasteiger partial charge in [0.25, 0.3) is 0 Å². The molecule has 2 saturated heterocycles. The average Bonchev–Trinajstić information content (AvgIpc) is 3.39. The molecule has 0 bridgehead atoms. The van der Waals surface area contributed by atoms with Crippen LogP contribution in [0, 0.1) is 0 Å². The van der Waals surface area contributed by atoms with E-state index >= 15 is 0 Å². The van der Waals surface area contributed by atoms with E-state index in [1.165, 1.54) is 0 Å². The number of hydrogen-bond donors (Lipinski definition) is 1. The van der Waals surface area contributed by atoms with Crippen molar-refractivity contribution < 1.29 is 18.7 Å². The smallest absolute Gasteiger partial charge is 0.241 e. The number of ether oxygens (including phenoxy) is 2. The molecule has 2 fully saturated rings. The Morgan fingerprint density at radius 2 is 1.56 bits per heavy atom. The Labute approximate surface area is 241 Å². The first kappa shape index (κ1) is 26.2. The number of nitrogens with zero attached hydrogens (tertiary/aromatic N) is 2. The molecular weight excluding hydrogens is 538 g/mol. The molecule has 2 aliphatic heterocycles. The molecule has 0 radical (unpaired) electrons. The van der Waals surface area contributed by atoms with Gasteiger partial charge < -0.3 is 24.1 Å². The zero-order valence-corrected chi connectivity index (χ0v) is 23.7. The Morgan fingerprint density at radius 1 is 0.854 bits per heavy atom. The number of amides is 1. The Kier molecular flexibility index (Phi) is 6.96. The molecule has 9 heteroatoms. The molecule has 1 atom stereocenters. The van der Waals surface area contributed by atoms with Gasteiger partial charge in [0.2, 0.25) is 5.91 Å². The lowest BCUT2D eigenvalue weighted by Gasteiger charge is -2.31. The first-order chi connectivity index (χ1) is 20.1. The zero-order chi connectivity index (χ0) is 27.9. The summed E-state index contributed by atoms with van der Waals surface area (Å²) in [6.07, 6.45) is 0. The molecule has 8 nitrogen and oxygen atoms in total. The van der Waals surface area contributed by atoms with Crippen LogP contribution in [0.2, 0.25) is 0 Å². The molecule has 1 amide bonds. The lowest BCUT2D eigenvalue weighted by molar-refractivity contribution is -0.122. The van der Waals surface area contributed by atoms with Gasteiger partial charge in [-0.2, -0.15) is 0 Å². The summed E-state index contributed by atoms with van der Waals surface area (Å²) in [6, 6.07) is 19.4. The summed E-state index contributed by atoms with van der Waals surface area (Å²) in [5, 5.41) is 5.87. The van der Waals surface area contributed by atoms with Crippen LogP contribution in [0.5, 0.6) is 0 Å². The lowest BCUT2D eigenvalue weighted by Crippen LogP contribution is -2.47. The Morgan fingerprint density at radius 3 is 2.34 bits per heavy atom. The predicted octanol–water partition coefficient (Wildman–Crippen LogP) is 5.32. The number of anilines is 2. The van der Waals surface area contributed by atoms with E-state index in [0.717, 1.165) is 50.1 Å². The first-order valence-electron chi connectivity index (χ1n) is 14.0. The molecule has 0 unspecified atom stereocenters. The number of rotatable bonds is 5. The molecular formula is C32H31N3O5S. The second-order valence-electron chi connectivity index (χ2n) is 10.5. The highest BCUT2D eigenvalue weighted by Gasteiger charge is 2.24. The molecule has 5 aromatic rings. The minimum Gasteiger partial charge on any atom is -0.440 e. The van der Waals surface area contributed by atoms with Gasteiger partial charge in [-0.15, -0.1) is 11.3 Å². The molecule has 0 aliphatic carbocycles. The topological polar surface area (TPSA) is 84.2 Å². The number of para-hydroxylation sites is 1. The normalized spacial score (nSPS) is 17.3. The van der Waals surface area contributed by atoms with Crippen molar-refractivity contribution in [1.29, 1.82) is 0 Å².